The molecule has 1 N–H and O–H groups in total. The highest BCUT2D eigenvalue weighted by Crippen LogP contribution is 2.34. The van der Waals surface area contributed by atoms with Crippen LogP contribution in [0.15, 0.2) is 37.0 Å². The van der Waals surface area contributed by atoms with Crippen LogP contribution in [-0.4, -0.2) is 10.1 Å². The Morgan fingerprint density at radius 2 is 2.05 bits per heavy atom. The van der Waals surface area contributed by atoms with Gasteiger partial charge in [-0.1, -0.05) is 64.3 Å². The van der Waals surface area contributed by atoms with E-state index in [-0.39, 0.29) is 5.75 Å². The third-order valence-corrected chi connectivity index (χ3v) is 4.53. The van der Waals surface area contributed by atoms with E-state index >= 15 is 0 Å². The van der Waals surface area contributed by atoms with Crippen LogP contribution in [0.25, 0.3) is 16.5 Å². The van der Waals surface area contributed by atoms with Gasteiger partial charge in [-0.05, 0) is 30.4 Å². The molecule has 0 radical (unpaired) electrons. The third kappa shape index (κ3) is 3.88. The van der Waals surface area contributed by atoms with E-state index in [0.717, 1.165) is 35.3 Å². The summed E-state index contributed by atoms with van der Waals surface area (Å²) in [4.78, 5) is 4.28. The van der Waals surface area contributed by atoms with Crippen molar-refractivity contribution in [1.82, 2.24) is 4.98 Å². The Bertz CT molecular complexity index is 633. The van der Waals surface area contributed by atoms with Crippen LogP contribution in [-0.2, 0) is 0 Å². The lowest BCUT2D eigenvalue weighted by Gasteiger charge is -2.16. The van der Waals surface area contributed by atoms with Crippen molar-refractivity contribution in [2.24, 2.45) is 5.92 Å². The Kier molecular flexibility index (Phi) is 6.00. The van der Waals surface area contributed by atoms with Crippen LogP contribution in [0.1, 0.15) is 57.9 Å². The summed E-state index contributed by atoms with van der Waals surface area (Å²) in [5.74, 6) is 1.03. The minimum absolute atomic E-state index is 0.268. The van der Waals surface area contributed by atoms with Gasteiger partial charge in [0.15, 0.2) is 0 Å². The molecule has 0 saturated heterocycles. The molecule has 0 saturated carbocycles. The van der Waals surface area contributed by atoms with Crippen molar-refractivity contribution < 1.29 is 5.11 Å². The molecule has 1 unspecified atom stereocenters. The van der Waals surface area contributed by atoms with Crippen molar-refractivity contribution in [1.29, 1.82) is 0 Å². The molecule has 2 rings (SSSR count). The molecule has 22 heavy (non-hydrogen) atoms. The van der Waals surface area contributed by atoms with E-state index in [0.29, 0.717) is 5.52 Å². The molecular formula is C20H27NO. The Morgan fingerprint density at radius 3 is 2.77 bits per heavy atom. The Balaban J connectivity index is 2.08. The van der Waals surface area contributed by atoms with Crippen molar-refractivity contribution in [3.05, 3.63) is 42.6 Å². The SMILES string of the molecule is C=C(CCC(CC)CCCC)c1ccc2cccnc2c1O. The number of unbranched alkanes of at least 4 members (excludes halogenated alkanes) is 1. The second-order valence-corrected chi connectivity index (χ2v) is 6.10. The summed E-state index contributed by atoms with van der Waals surface area (Å²) < 4.78 is 0. The number of fused-ring (bicyclic) bond motifs is 1. The maximum atomic E-state index is 10.5. The highest BCUT2D eigenvalue weighted by Gasteiger charge is 2.12. The summed E-state index contributed by atoms with van der Waals surface area (Å²) in [7, 11) is 0. The molecule has 0 spiro atoms. The zero-order chi connectivity index (χ0) is 15.9. The van der Waals surface area contributed by atoms with Crippen LogP contribution in [0, 0.1) is 5.92 Å². The lowest BCUT2D eigenvalue weighted by Crippen LogP contribution is -1.99. The molecule has 0 aliphatic heterocycles. The predicted octanol–water partition coefficient (Wildman–Crippen LogP) is 5.95. The van der Waals surface area contributed by atoms with Crippen LogP contribution >= 0.6 is 0 Å². The minimum Gasteiger partial charge on any atom is -0.505 e. The van der Waals surface area contributed by atoms with E-state index < -0.39 is 0 Å². The predicted molar refractivity (Wildman–Crippen MR) is 95.0 cm³/mol. The average molecular weight is 297 g/mol. The molecule has 118 valence electrons. The van der Waals surface area contributed by atoms with Gasteiger partial charge in [-0.15, -0.1) is 0 Å². The third-order valence-electron chi connectivity index (χ3n) is 4.53. The van der Waals surface area contributed by atoms with Gasteiger partial charge in [0.1, 0.15) is 11.3 Å². The minimum atomic E-state index is 0.268. The fraction of sp³-hybridized carbons (Fsp3) is 0.450. The van der Waals surface area contributed by atoms with E-state index in [1.54, 1.807) is 6.20 Å². The smallest absolute Gasteiger partial charge is 0.149 e. The fourth-order valence-corrected chi connectivity index (χ4v) is 2.97. The van der Waals surface area contributed by atoms with Crippen molar-refractivity contribution >= 4 is 16.5 Å². The van der Waals surface area contributed by atoms with Crippen molar-refractivity contribution in [2.75, 3.05) is 0 Å². The molecule has 1 aromatic carbocycles. The highest BCUT2D eigenvalue weighted by molar-refractivity contribution is 5.89. The molecule has 0 fully saturated rings. The van der Waals surface area contributed by atoms with Gasteiger partial charge >= 0.3 is 0 Å². The summed E-state index contributed by atoms with van der Waals surface area (Å²) in [6, 6.07) is 7.83. The summed E-state index contributed by atoms with van der Waals surface area (Å²) >= 11 is 0. The summed E-state index contributed by atoms with van der Waals surface area (Å²) in [5, 5.41) is 11.4. The van der Waals surface area contributed by atoms with Gasteiger partial charge in [-0.3, -0.25) is 4.98 Å². The number of hydrogen-bond acceptors (Lipinski definition) is 2. The zero-order valence-electron chi connectivity index (χ0n) is 13.8. The highest BCUT2D eigenvalue weighted by atomic mass is 16.3. The van der Waals surface area contributed by atoms with Gasteiger partial charge in [-0.25, -0.2) is 0 Å². The van der Waals surface area contributed by atoms with Gasteiger partial charge in [-0.2, -0.15) is 0 Å². The molecule has 0 aliphatic rings. The molecule has 1 heterocycles. The Hall–Kier alpha value is -1.83. The van der Waals surface area contributed by atoms with Crippen molar-refractivity contribution in [3.8, 4) is 5.75 Å². The van der Waals surface area contributed by atoms with Crippen LogP contribution in [0.2, 0.25) is 0 Å². The normalized spacial score (nSPS) is 12.5. The van der Waals surface area contributed by atoms with Crippen LogP contribution in [0.4, 0.5) is 0 Å². The first-order valence-corrected chi connectivity index (χ1v) is 8.42. The zero-order valence-corrected chi connectivity index (χ0v) is 13.8. The van der Waals surface area contributed by atoms with E-state index in [9.17, 15) is 5.11 Å². The van der Waals surface area contributed by atoms with Gasteiger partial charge in [0.05, 0.1) is 0 Å². The first-order valence-electron chi connectivity index (χ1n) is 8.42. The number of phenols is 1. The number of aromatic hydroxyl groups is 1. The van der Waals surface area contributed by atoms with E-state index in [1.165, 1.54) is 25.7 Å². The van der Waals surface area contributed by atoms with Gasteiger partial charge in [0.2, 0.25) is 0 Å². The summed E-state index contributed by atoms with van der Waals surface area (Å²) in [6.45, 7) is 8.70. The number of nitrogens with zero attached hydrogens (tertiary/aromatic N) is 1. The van der Waals surface area contributed by atoms with Gasteiger partial charge in [0.25, 0.3) is 0 Å². The lowest BCUT2D eigenvalue weighted by molar-refractivity contribution is 0.426. The number of benzene rings is 1. The molecule has 2 aromatic rings. The lowest BCUT2D eigenvalue weighted by atomic mass is 9.90. The topological polar surface area (TPSA) is 33.1 Å². The second-order valence-electron chi connectivity index (χ2n) is 6.10. The van der Waals surface area contributed by atoms with Crippen molar-refractivity contribution in [3.63, 3.8) is 0 Å². The van der Waals surface area contributed by atoms with Crippen LogP contribution in [0.5, 0.6) is 5.75 Å². The average Bonchev–Trinajstić information content (AvgIpc) is 2.55. The molecule has 1 atom stereocenters. The maximum absolute atomic E-state index is 10.5. The summed E-state index contributed by atoms with van der Waals surface area (Å²) in [5.41, 5.74) is 2.52. The Morgan fingerprint density at radius 1 is 1.23 bits per heavy atom. The van der Waals surface area contributed by atoms with E-state index in [2.05, 4.69) is 25.4 Å². The first-order chi connectivity index (χ1) is 10.7. The van der Waals surface area contributed by atoms with Gasteiger partial charge in [0, 0.05) is 17.1 Å². The number of allylic oxidation sites excluding steroid dienone is 1. The molecule has 0 amide bonds. The Labute approximate surface area is 133 Å². The number of aromatic nitrogens is 1. The number of phenolic OH excluding ortho intramolecular Hbond substituents is 1. The summed E-state index contributed by atoms with van der Waals surface area (Å²) in [6.07, 6.45) is 8.88. The fourth-order valence-electron chi connectivity index (χ4n) is 2.97. The molecule has 0 aliphatic carbocycles. The number of rotatable bonds is 8. The number of pyridine rings is 1. The second kappa shape index (κ2) is 7.98. The van der Waals surface area contributed by atoms with Crippen LogP contribution in [0.3, 0.4) is 0 Å². The largest absolute Gasteiger partial charge is 0.505 e. The van der Waals surface area contributed by atoms with Gasteiger partial charge < -0.3 is 5.11 Å². The van der Waals surface area contributed by atoms with Crippen LogP contribution < -0.4 is 0 Å². The first kappa shape index (κ1) is 16.5. The molecule has 1 aromatic heterocycles. The van der Waals surface area contributed by atoms with E-state index in [4.69, 9.17) is 0 Å². The molecular weight excluding hydrogens is 270 g/mol. The van der Waals surface area contributed by atoms with E-state index in [1.807, 2.05) is 24.3 Å². The standard InChI is InChI=1S/C20H27NO/c1-4-6-8-16(5-2)11-10-15(3)18-13-12-17-9-7-14-21-19(17)20(18)22/h7,9,12-14,16,22H,3-6,8,10-11H2,1-2H3. The molecule has 0 bridgehead atoms. The molecule has 2 nitrogen and oxygen atoms in total. The quantitative estimate of drug-likeness (QED) is 0.653. The van der Waals surface area contributed by atoms with Crippen molar-refractivity contribution in [2.45, 2.75) is 52.4 Å². The maximum Gasteiger partial charge on any atom is 0.149 e. The monoisotopic (exact) mass is 297 g/mol. The molecule has 2 heteroatoms. The number of hydrogen-bond donors (Lipinski definition) is 1.